The summed E-state index contributed by atoms with van der Waals surface area (Å²) in [5.74, 6) is -2.55. The molecule has 0 saturated heterocycles. The Morgan fingerprint density at radius 3 is 2.52 bits per heavy atom. The topological polar surface area (TPSA) is 104 Å². The molecule has 2 aromatic rings. The van der Waals surface area contributed by atoms with E-state index in [9.17, 15) is 22.4 Å². The van der Waals surface area contributed by atoms with Crippen LogP contribution in [0.4, 0.5) is 4.39 Å². The van der Waals surface area contributed by atoms with Gasteiger partial charge in [0.1, 0.15) is 5.82 Å². The Hall–Kier alpha value is -2.10. The zero-order valence-electron chi connectivity index (χ0n) is 11.9. The summed E-state index contributed by atoms with van der Waals surface area (Å²) in [6.45, 7) is 1.25. The van der Waals surface area contributed by atoms with E-state index in [0.29, 0.717) is 4.88 Å². The van der Waals surface area contributed by atoms with E-state index in [2.05, 4.69) is 0 Å². The Balaban J connectivity index is 2.13. The maximum atomic E-state index is 13.6. The molecule has 0 fully saturated rings. The minimum absolute atomic E-state index is 0.411. The number of benzene rings is 1. The molecule has 6 nitrogen and oxygen atoms in total. The van der Waals surface area contributed by atoms with E-state index >= 15 is 0 Å². The number of primary sulfonamides is 1. The minimum Gasteiger partial charge on any atom is -0.454 e. The summed E-state index contributed by atoms with van der Waals surface area (Å²) >= 11 is 1.24. The number of thiophene rings is 1. The predicted molar refractivity (Wildman–Crippen MR) is 81.4 cm³/mol. The van der Waals surface area contributed by atoms with Crippen LogP contribution in [0.2, 0.25) is 0 Å². The Morgan fingerprint density at radius 2 is 1.96 bits per heavy atom. The molecule has 0 spiro atoms. The number of hydrogen-bond donors (Lipinski definition) is 1. The van der Waals surface area contributed by atoms with E-state index in [-0.39, 0.29) is 0 Å². The van der Waals surface area contributed by atoms with Crippen molar-refractivity contribution < 1.29 is 27.1 Å². The highest BCUT2D eigenvalue weighted by molar-refractivity contribution is 7.89. The van der Waals surface area contributed by atoms with E-state index in [0.717, 1.165) is 23.1 Å². The first-order valence-corrected chi connectivity index (χ1v) is 8.64. The number of ether oxygens (including phenoxy) is 1. The first-order valence-electron chi connectivity index (χ1n) is 6.27. The second-order valence-corrected chi connectivity index (χ2v) is 7.45. The third-order valence-electron chi connectivity index (χ3n) is 2.84. The molecule has 1 heterocycles. The number of aryl methyl sites for hydroxylation is 1. The summed E-state index contributed by atoms with van der Waals surface area (Å²) in [5.41, 5.74) is -0.605. The predicted octanol–water partition coefficient (Wildman–Crippen LogP) is 1.88. The van der Waals surface area contributed by atoms with Gasteiger partial charge in [-0.2, -0.15) is 0 Å². The lowest BCUT2D eigenvalue weighted by Crippen LogP contribution is -2.17. The summed E-state index contributed by atoms with van der Waals surface area (Å²) in [5, 5.41) is 4.92. The van der Waals surface area contributed by atoms with Crippen molar-refractivity contribution in [2.24, 2.45) is 5.14 Å². The number of carbonyl (C=O) groups is 2. The van der Waals surface area contributed by atoms with Crippen molar-refractivity contribution in [2.45, 2.75) is 11.8 Å². The fraction of sp³-hybridized carbons (Fsp3) is 0.143. The van der Waals surface area contributed by atoms with Gasteiger partial charge in [-0.15, -0.1) is 11.3 Å². The molecule has 0 atom stereocenters. The molecule has 1 aromatic heterocycles. The number of nitrogens with two attached hydrogens (primary N) is 1. The zero-order chi connectivity index (χ0) is 17.2. The monoisotopic (exact) mass is 357 g/mol. The molecule has 9 heteroatoms. The van der Waals surface area contributed by atoms with E-state index in [1.165, 1.54) is 11.3 Å². The standard InChI is InChI=1S/C14H12FNO5S2/c1-8-2-5-13(22-8)12(17)7-21-14(18)10-6-9(23(16,19)20)3-4-11(10)15/h2-6H,7H2,1H3,(H2,16,19,20). The number of rotatable bonds is 5. The van der Waals surface area contributed by atoms with Gasteiger partial charge in [-0.1, -0.05) is 0 Å². The Bertz CT molecular complexity index is 873. The van der Waals surface area contributed by atoms with Gasteiger partial charge in [0.2, 0.25) is 15.8 Å². The molecule has 0 saturated carbocycles. The highest BCUT2D eigenvalue weighted by Gasteiger charge is 2.19. The van der Waals surface area contributed by atoms with Crippen LogP contribution in [0.25, 0.3) is 0 Å². The van der Waals surface area contributed by atoms with Gasteiger partial charge in [-0.25, -0.2) is 22.7 Å². The quantitative estimate of drug-likeness (QED) is 0.650. The number of ketones is 1. The van der Waals surface area contributed by atoms with Gasteiger partial charge in [0.05, 0.1) is 15.3 Å². The van der Waals surface area contributed by atoms with Crippen molar-refractivity contribution >= 4 is 33.1 Å². The summed E-state index contributed by atoms with van der Waals surface area (Å²) < 4.78 is 40.8. The molecule has 23 heavy (non-hydrogen) atoms. The van der Waals surface area contributed by atoms with Gasteiger partial charge in [0.25, 0.3) is 0 Å². The number of hydrogen-bond acceptors (Lipinski definition) is 6. The third kappa shape index (κ3) is 4.21. The highest BCUT2D eigenvalue weighted by atomic mass is 32.2. The van der Waals surface area contributed by atoms with Gasteiger partial charge in [-0.3, -0.25) is 4.79 Å². The fourth-order valence-electron chi connectivity index (χ4n) is 1.70. The van der Waals surface area contributed by atoms with Crippen molar-refractivity contribution in [2.75, 3.05) is 6.61 Å². The number of esters is 1. The summed E-state index contributed by atoms with van der Waals surface area (Å²) in [6, 6.07) is 5.84. The SMILES string of the molecule is Cc1ccc(C(=O)COC(=O)c2cc(S(N)(=O)=O)ccc2F)s1. The van der Waals surface area contributed by atoms with Crippen LogP contribution >= 0.6 is 11.3 Å². The summed E-state index contributed by atoms with van der Waals surface area (Å²) in [6.07, 6.45) is 0. The molecule has 0 bridgehead atoms. The van der Waals surface area contributed by atoms with Gasteiger partial charge >= 0.3 is 5.97 Å². The highest BCUT2D eigenvalue weighted by Crippen LogP contribution is 2.17. The molecular formula is C14H12FNO5S2. The van der Waals surface area contributed by atoms with Crippen molar-refractivity contribution in [1.29, 1.82) is 0 Å². The maximum absolute atomic E-state index is 13.6. The lowest BCUT2D eigenvalue weighted by atomic mass is 10.2. The van der Waals surface area contributed by atoms with Crippen molar-refractivity contribution in [3.05, 3.63) is 51.5 Å². The van der Waals surface area contributed by atoms with Crippen LogP contribution in [0.15, 0.2) is 35.2 Å². The Kier molecular flexibility index (Phi) is 4.93. The maximum Gasteiger partial charge on any atom is 0.341 e. The average molecular weight is 357 g/mol. The number of sulfonamides is 1. The van der Waals surface area contributed by atoms with E-state index < -0.39 is 44.7 Å². The normalized spacial score (nSPS) is 11.3. The van der Waals surface area contributed by atoms with Crippen LogP contribution in [0.1, 0.15) is 24.9 Å². The molecular weight excluding hydrogens is 345 g/mol. The Morgan fingerprint density at radius 1 is 1.26 bits per heavy atom. The molecule has 0 aliphatic heterocycles. The first-order chi connectivity index (χ1) is 10.7. The average Bonchev–Trinajstić information content (AvgIpc) is 2.90. The number of Topliss-reactive ketones (excluding diaryl/α,β-unsaturated/α-hetero) is 1. The fourth-order valence-corrected chi connectivity index (χ4v) is 3.03. The molecule has 0 amide bonds. The van der Waals surface area contributed by atoms with Crippen LogP contribution in [0, 0.1) is 12.7 Å². The zero-order valence-corrected chi connectivity index (χ0v) is 13.5. The van der Waals surface area contributed by atoms with Crippen LogP contribution < -0.4 is 5.14 Å². The third-order valence-corrected chi connectivity index (χ3v) is 4.79. The van der Waals surface area contributed by atoms with E-state index in [1.54, 1.807) is 12.1 Å². The van der Waals surface area contributed by atoms with Gasteiger partial charge in [0.15, 0.2) is 6.61 Å². The summed E-state index contributed by atoms with van der Waals surface area (Å²) in [4.78, 5) is 24.6. The van der Waals surface area contributed by atoms with Crippen molar-refractivity contribution in [1.82, 2.24) is 0 Å². The molecule has 0 aliphatic rings. The van der Waals surface area contributed by atoms with Gasteiger partial charge in [0, 0.05) is 4.88 Å². The molecule has 0 unspecified atom stereocenters. The molecule has 2 N–H and O–H groups in total. The second-order valence-electron chi connectivity index (χ2n) is 4.60. The number of carbonyl (C=O) groups excluding carboxylic acids is 2. The minimum atomic E-state index is -4.09. The number of halogens is 1. The second kappa shape index (κ2) is 6.57. The van der Waals surface area contributed by atoms with E-state index in [4.69, 9.17) is 9.88 Å². The van der Waals surface area contributed by atoms with E-state index in [1.807, 2.05) is 6.92 Å². The van der Waals surface area contributed by atoms with Crippen LogP contribution in [-0.4, -0.2) is 26.8 Å². The lowest BCUT2D eigenvalue weighted by molar-refractivity contribution is 0.0471. The Labute approximate surface area is 135 Å². The first kappa shape index (κ1) is 17.3. The van der Waals surface area contributed by atoms with Crippen molar-refractivity contribution in [3.8, 4) is 0 Å². The molecule has 0 aliphatic carbocycles. The summed E-state index contributed by atoms with van der Waals surface area (Å²) in [7, 11) is -4.09. The van der Waals surface area contributed by atoms with Crippen LogP contribution in [-0.2, 0) is 14.8 Å². The van der Waals surface area contributed by atoms with Gasteiger partial charge < -0.3 is 4.74 Å². The van der Waals surface area contributed by atoms with Crippen LogP contribution in [0.5, 0.6) is 0 Å². The molecule has 2 rings (SSSR count). The molecule has 122 valence electrons. The van der Waals surface area contributed by atoms with Gasteiger partial charge in [-0.05, 0) is 37.3 Å². The molecule has 0 radical (unpaired) electrons. The smallest absolute Gasteiger partial charge is 0.341 e. The molecule has 1 aromatic carbocycles. The largest absolute Gasteiger partial charge is 0.454 e. The lowest BCUT2D eigenvalue weighted by Gasteiger charge is -2.06. The van der Waals surface area contributed by atoms with Crippen LogP contribution in [0.3, 0.4) is 0 Å². The van der Waals surface area contributed by atoms with Crippen molar-refractivity contribution in [3.63, 3.8) is 0 Å².